The lowest BCUT2D eigenvalue weighted by Crippen LogP contribution is -2.49. The summed E-state index contributed by atoms with van der Waals surface area (Å²) >= 11 is 0. The first-order valence-corrected chi connectivity index (χ1v) is 16.4. The number of primary amides is 1. The van der Waals surface area contributed by atoms with Crippen molar-refractivity contribution in [2.45, 2.75) is 32.2 Å². The van der Waals surface area contributed by atoms with E-state index >= 15 is 0 Å². The molecule has 13 heteroatoms. The van der Waals surface area contributed by atoms with E-state index in [2.05, 4.69) is 27.1 Å². The monoisotopic (exact) mass is 704 g/mol. The number of aldehydes is 1. The molecule has 2 heterocycles. The van der Waals surface area contributed by atoms with Crippen LogP contribution in [-0.4, -0.2) is 98.8 Å². The number of piperazine rings is 1. The average molecular weight is 705 g/mol. The first kappa shape index (κ1) is 37.9. The number of carbonyl (C=O) groups excluding carboxylic acids is 4. The first-order valence-electron chi connectivity index (χ1n) is 16.4. The van der Waals surface area contributed by atoms with Gasteiger partial charge in [-0.3, -0.25) is 19.3 Å². The number of nitrogens with two attached hydrogens (primary N) is 1. The Bertz CT molecular complexity index is 1840. The second kappa shape index (κ2) is 17.1. The topological polar surface area (TPSA) is 150 Å². The number of H-pyrrole nitrogens is 1. The molecule has 4 N–H and O–H groups in total. The van der Waals surface area contributed by atoms with E-state index in [1.54, 1.807) is 49.5 Å². The first-order chi connectivity index (χ1) is 23.6. The van der Waals surface area contributed by atoms with E-state index in [1.165, 1.54) is 12.0 Å². The maximum Gasteiger partial charge on any atom is 0.265 e. The van der Waals surface area contributed by atoms with Crippen molar-refractivity contribution >= 4 is 58.7 Å². The highest BCUT2D eigenvalue weighted by Crippen LogP contribution is 2.32. The second-order valence-corrected chi connectivity index (χ2v) is 12.4. The van der Waals surface area contributed by atoms with Crippen LogP contribution in [0.15, 0.2) is 60.7 Å². The molecule has 4 aromatic rings. The molecule has 1 aromatic heterocycles. The van der Waals surface area contributed by atoms with Gasteiger partial charge in [-0.05, 0) is 87.3 Å². The van der Waals surface area contributed by atoms with Crippen molar-refractivity contribution in [2.24, 2.45) is 5.73 Å². The smallest absolute Gasteiger partial charge is 0.265 e. The number of unbranched alkanes of at least 4 members (excludes halogenated alkanes) is 1. The van der Waals surface area contributed by atoms with Crippen molar-refractivity contribution in [2.75, 3.05) is 64.2 Å². The fourth-order valence-corrected chi connectivity index (χ4v) is 6.05. The Morgan fingerprint density at radius 3 is 2.48 bits per heavy atom. The summed E-state index contributed by atoms with van der Waals surface area (Å²) in [5.74, 6) is -0.437. The van der Waals surface area contributed by atoms with Gasteiger partial charge in [0, 0.05) is 55.3 Å². The van der Waals surface area contributed by atoms with Gasteiger partial charge in [0.05, 0.1) is 31.1 Å². The van der Waals surface area contributed by atoms with Crippen LogP contribution in [0, 0.1) is 6.92 Å². The Morgan fingerprint density at radius 2 is 1.78 bits per heavy atom. The summed E-state index contributed by atoms with van der Waals surface area (Å²) in [6, 6.07) is 17.1. The molecule has 1 aliphatic heterocycles. The lowest BCUT2D eigenvalue weighted by Gasteiger charge is -2.35. The minimum Gasteiger partial charge on any atom is -0.495 e. The maximum absolute atomic E-state index is 13.7. The van der Waals surface area contributed by atoms with Crippen LogP contribution in [0.1, 0.15) is 56.0 Å². The number of amides is 3. The van der Waals surface area contributed by atoms with Crippen molar-refractivity contribution in [3.8, 4) is 11.5 Å². The minimum absolute atomic E-state index is 0. The molecule has 0 radical (unpaired) electrons. The highest BCUT2D eigenvalue weighted by atomic mass is 35.5. The highest BCUT2D eigenvalue weighted by molar-refractivity contribution is 6.14. The number of nitrogens with one attached hydrogen (secondary N) is 2. The Balaban J connectivity index is 0.00000562. The van der Waals surface area contributed by atoms with Gasteiger partial charge < -0.3 is 40.1 Å². The molecule has 1 unspecified atom stereocenters. The fraction of sp³-hybridized carbons (Fsp3) is 0.351. The van der Waals surface area contributed by atoms with Crippen LogP contribution in [0.3, 0.4) is 0 Å². The molecule has 0 saturated carbocycles. The molecule has 1 atom stereocenters. The van der Waals surface area contributed by atoms with E-state index in [-0.39, 0.29) is 30.0 Å². The molecule has 0 aliphatic carbocycles. The zero-order valence-corrected chi connectivity index (χ0v) is 29.7. The summed E-state index contributed by atoms with van der Waals surface area (Å²) in [5, 5.41) is 3.40. The van der Waals surface area contributed by atoms with Gasteiger partial charge in [-0.1, -0.05) is 12.1 Å². The number of hydrogen-bond donors (Lipinski definition) is 3. The van der Waals surface area contributed by atoms with Gasteiger partial charge in [-0.15, -0.1) is 12.4 Å². The number of nitrogens with zero attached hydrogens (tertiary/aromatic N) is 3. The van der Waals surface area contributed by atoms with Gasteiger partial charge in [0.15, 0.2) is 0 Å². The fourth-order valence-electron chi connectivity index (χ4n) is 6.05. The number of aromatic nitrogens is 1. The van der Waals surface area contributed by atoms with Crippen molar-refractivity contribution in [3.63, 3.8) is 0 Å². The van der Waals surface area contributed by atoms with Gasteiger partial charge in [0.2, 0.25) is 0 Å². The lowest BCUT2D eigenvalue weighted by atomic mass is 10.1. The molecule has 3 amide bonds. The van der Waals surface area contributed by atoms with Gasteiger partial charge in [-0.2, -0.15) is 0 Å². The summed E-state index contributed by atoms with van der Waals surface area (Å²) in [7, 11) is 5.25. The van der Waals surface area contributed by atoms with Crippen LogP contribution in [0.4, 0.5) is 11.4 Å². The summed E-state index contributed by atoms with van der Waals surface area (Å²) in [6.07, 6.45) is 3.47. The van der Waals surface area contributed by atoms with Crippen molar-refractivity contribution in [1.29, 1.82) is 0 Å². The highest BCUT2D eigenvalue weighted by Gasteiger charge is 2.23. The Morgan fingerprint density at radius 1 is 1.02 bits per heavy atom. The zero-order valence-electron chi connectivity index (χ0n) is 28.9. The summed E-state index contributed by atoms with van der Waals surface area (Å²) in [5.41, 5.74) is 8.89. The predicted molar refractivity (Wildman–Crippen MR) is 197 cm³/mol. The van der Waals surface area contributed by atoms with Gasteiger partial charge in [-0.25, -0.2) is 0 Å². The number of rotatable bonds is 14. The van der Waals surface area contributed by atoms with E-state index in [0.717, 1.165) is 57.3 Å². The average Bonchev–Trinajstić information content (AvgIpc) is 3.55. The molecule has 1 saturated heterocycles. The van der Waals surface area contributed by atoms with E-state index < -0.39 is 11.8 Å². The third kappa shape index (κ3) is 8.81. The number of ether oxygens (including phenoxy) is 2. The van der Waals surface area contributed by atoms with Gasteiger partial charge in [0.25, 0.3) is 17.7 Å². The number of methoxy groups -OCH3 is 1. The number of carbonyl (C=O) groups is 4. The molecule has 0 bridgehead atoms. The van der Waals surface area contributed by atoms with E-state index in [1.807, 2.05) is 25.1 Å². The number of fused-ring (bicyclic) bond motifs is 1. The largest absolute Gasteiger partial charge is 0.495 e. The second-order valence-electron chi connectivity index (χ2n) is 12.4. The van der Waals surface area contributed by atoms with Crippen molar-refractivity contribution in [3.05, 3.63) is 83.0 Å². The maximum atomic E-state index is 13.7. The van der Waals surface area contributed by atoms with Crippen LogP contribution in [0.2, 0.25) is 0 Å². The molecular weight excluding hydrogens is 660 g/mol. The molecule has 1 fully saturated rings. The standard InChI is InChI=1S/C37H44N6O6.ClH/c1-24-11-14-32(34(20-24)49-19-6-5-8-26(23-44)43-17-15-41(2)16-18-43)42(3)37(47)25-12-13-30(33(21-25)48-4)40-36(46)27-9-7-10-29-28(27)22-31(39-29)35(38)45;/h7,9-14,20-23,26,39H,5-6,8,15-19H2,1-4H3,(H2,38,45)(H,40,46);1H. The minimum atomic E-state index is -0.625. The van der Waals surface area contributed by atoms with Crippen molar-refractivity contribution < 1.29 is 28.7 Å². The van der Waals surface area contributed by atoms with Crippen molar-refractivity contribution in [1.82, 2.24) is 14.8 Å². The SMILES string of the molecule is COc1cc(C(=O)N(C)c2ccc(C)cc2OCCCCC(C=O)N2CCN(C)CC2)ccc1NC(=O)c1cccc2[nH]c(C(N)=O)cc12.Cl. The molecule has 266 valence electrons. The number of anilines is 2. The summed E-state index contributed by atoms with van der Waals surface area (Å²) < 4.78 is 11.8. The molecule has 12 nitrogen and oxygen atoms in total. The van der Waals surface area contributed by atoms with E-state index in [4.69, 9.17) is 15.2 Å². The number of halogens is 1. The van der Waals surface area contributed by atoms with Crippen LogP contribution >= 0.6 is 12.4 Å². The molecule has 5 rings (SSSR count). The third-order valence-electron chi connectivity index (χ3n) is 8.97. The molecular formula is C37H45ClN6O6. The van der Waals surface area contributed by atoms with Gasteiger partial charge in [0.1, 0.15) is 23.5 Å². The Labute approximate surface area is 298 Å². The number of aryl methyl sites for hydroxylation is 1. The number of aromatic amines is 1. The number of hydrogen-bond acceptors (Lipinski definition) is 8. The molecule has 3 aromatic carbocycles. The van der Waals surface area contributed by atoms with Crippen LogP contribution < -0.4 is 25.4 Å². The van der Waals surface area contributed by atoms with Crippen LogP contribution in [-0.2, 0) is 4.79 Å². The van der Waals surface area contributed by atoms with Crippen LogP contribution in [0.5, 0.6) is 11.5 Å². The van der Waals surface area contributed by atoms with E-state index in [0.29, 0.717) is 51.5 Å². The Hall–Kier alpha value is -4.91. The Kier molecular flexibility index (Phi) is 13.0. The van der Waals surface area contributed by atoms with Gasteiger partial charge >= 0.3 is 0 Å². The predicted octanol–water partition coefficient (Wildman–Crippen LogP) is 4.90. The van der Waals surface area contributed by atoms with Crippen LogP contribution in [0.25, 0.3) is 10.9 Å². The molecule has 0 spiro atoms. The number of likely N-dealkylation sites (N-methyl/N-ethyl adjacent to an activating group) is 1. The summed E-state index contributed by atoms with van der Waals surface area (Å²) in [6.45, 7) is 6.16. The normalized spacial score (nSPS) is 14.0. The zero-order chi connectivity index (χ0) is 35.1. The summed E-state index contributed by atoms with van der Waals surface area (Å²) in [4.78, 5) is 59.4. The third-order valence-corrected chi connectivity index (χ3v) is 8.97. The quantitative estimate of drug-likeness (QED) is 0.124. The molecule has 50 heavy (non-hydrogen) atoms. The number of benzene rings is 3. The lowest BCUT2D eigenvalue weighted by molar-refractivity contribution is -0.113. The molecule has 1 aliphatic rings. The van der Waals surface area contributed by atoms with E-state index in [9.17, 15) is 19.2 Å².